The van der Waals surface area contributed by atoms with E-state index < -0.39 is 20.7 Å². The molecule has 0 saturated carbocycles. The minimum absolute atomic E-state index is 0.0109. The highest BCUT2D eigenvalue weighted by molar-refractivity contribution is 7.90. The normalized spacial score (nSPS) is 19.0. The summed E-state index contributed by atoms with van der Waals surface area (Å²) < 4.78 is 41.6. The molecule has 1 aliphatic carbocycles. The molecule has 340 valence electrons. The zero-order chi connectivity index (χ0) is 44.8. The molecule has 0 radical (unpaired) electrons. The molecule has 3 aliphatic rings. The van der Waals surface area contributed by atoms with Crippen molar-refractivity contribution in [3.8, 4) is 11.5 Å². The van der Waals surface area contributed by atoms with Crippen molar-refractivity contribution in [1.82, 2.24) is 24.7 Å². The van der Waals surface area contributed by atoms with Crippen LogP contribution in [-0.2, 0) is 14.8 Å². The molecule has 2 atom stereocenters. The van der Waals surface area contributed by atoms with Gasteiger partial charge in [0.05, 0.1) is 22.3 Å². The molecule has 7 N–H and O–H groups in total. The second kappa shape index (κ2) is 20.0. The first-order valence-corrected chi connectivity index (χ1v) is 23.7. The van der Waals surface area contributed by atoms with Crippen LogP contribution in [0, 0.1) is 5.21 Å². The van der Waals surface area contributed by atoms with Crippen LogP contribution in [0.5, 0.6) is 11.5 Å². The van der Waals surface area contributed by atoms with Crippen LogP contribution in [0.1, 0.15) is 60.9 Å². The number of nitrogens with zero attached hydrogens (tertiary/aromatic N) is 2. The summed E-state index contributed by atoms with van der Waals surface area (Å²) in [5.41, 5.74) is 5.06. The molecule has 4 aromatic carbocycles. The lowest BCUT2D eigenvalue weighted by atomic mass is 9.86. The van der Waals surface area contributed by atoms with Gasteiger partial charge >= 0.3 is 0 Å². The number of amides is 1. The fourth-order valence-electron chi connectivity index (χ4n) is 8.90. The summed E-state index contributed by atoms with van der Waals surface area (Å²) in [6, 6.07) is 24.2. The van der Waals surface area contributed by atoms with E-state index >= 15 is 0 Å². The first-order chi connectivity index (χ1) is 30.8. The second-order valence-corrected chi connectivity index (χ2v) is 19.0. The van der Waals surface area contributed by atoms with Gasteiger partial charge in [-0.05, 0) is 117 Å². The number of carbonyl (C=O) groups excluding carboxylic acids is 1. The van der Waals surface area contributed by atoms with E-state index in [4.69, 9.17) is 21.1 Å². The predicted octanol–water partition coefficient (Wildman–Crippen LogP) is 7.61. The summed E-state index contributed by atoms with van der Waals surface area (Å²) in [7, 11) is -3.55. The van der Waals surface area contributed by atoms with E-state index in [0.717, 1.165) is 93.6 Å². The number of aliphatic hydroxyl groups is 1. The Hall–Kier alpha value is -5.01. The lowest BCUT2D eigenvalue weighted by Crippen LogP contribution is -2.46. The number of rotatable bonds is 16. The second-order valence-electron chi connectivity index (χ2n) is 16.9. The molecule has 64 heavy (non-hydrogen) atoms. The van der Waals surface area contributed by atoms with Crippen molar-refractivity contribution in [2.75, 3.05) is 63.6 Å². The van der Waals surface area contributed by atoms with Crippen molar-refractivity contribution in [2.45, 2.75) is 68.0 Å². The number of likely N-dealkylation sites (tertiary alicyclic amines) is 1. The highest BCUT2D eigenvalue weighted by atomic mass is 35.5. The summed E-state index contributed by atoms with van der Waals surface area (Å²) in [6.45, 7) is 4.96. The maximum Gasteiger partial charge on any atom is 0.268 e. The number of hydrogen-bond acceptors (Lipinski definition) is 12. The Kier molecular flexibility index (Phi) is 14.3. The molecule has 17 heteroatoms. The number of carbonyl (C=O) groups is 1. The van der Waals surface area contributed by atoms with Crippen molar-refractivity contribution in [3.05, 3.63) is 118 Å². The number of fused-ring (bicyclic) bond motifs is 1. The third kappa shape index (κ3) is 11.3. The number of allylic oxidation sites excluding steroid dienone is 1. The number of benzene rings is 4. The van der Waals surface area contributed by atoms with Crippen LogP contribution in [0.2, 0.25) is 5.02 Å². The first-order valence-electron chi connectivity index (χ1n) is 21.9. The molecule has 0 bridgehead atoms. The minimum atomic E-state index is -4.55. The SMILES string of the molecule is C[N+]([O-])(O)c1cc(S(=O)(=O)NC(=O)c2ccc(NCCNCC3=C(c4ccc(Cl)cc4)CCC(O)C3)cc2Oc2ccc3[nH]ccc3c2)ccc1NC1CCN(C2CCOCC2)CC1. The van der Waals surface area contributed by atoms with E-state index in [1.165, 1.54) is 23.8 Å². The molecule has 15 nitrogen and oxygen atoms in total. The highest BCUT2D eigenvalue weighted by Gasteiger charge is 2.30. The molecular weight excluding hydrogens is 858 g/mol. The van der Waals surface area contributed by atoms with Gasteiger partial charge in [0.2, 0.25) is 0 Å². The Morgan fingerprint density at radius 3 is 2.52 bits per heavy atom. The number of hydrogen-bond donors (Lipinski definition) is 7. The van der Waals surface area contributed by atoms with Gasteiger partial charge in [-0.2, -0.15) is 4.81 Å². The summed E-state index contributed by atoms with van der Waals surface area (Å²) in [6.07, 6.45) is 7.13. The number of aromatic nitrogens is 1. The molecule has 1 amide bonds. The van der Waals surface area contributed by atoms with E-state index in [0.29, 0.717) is 60.7 Å². The fourth-order valence-corrected chi connectivity index (χ4v) is 10.0. The number of aliphatic hydroxyl groups excluding tert-OH is 1. The number of aromatic amines is 1. The predicted molar refractivity (Wildman–Crippen MR) is 250 cm³/mol. The topological polar surface area (TPSA) is 200 Å². The third-order valence-corrected chi connectivity index (χ3v) is 13.9. The van der Waals surface area contributed by atoms with Gasteiger partial charge in [-0.25, -0.2) is 18.3 Å². The number of sulfonamides is 1. The quantitative estimate of drug-likeness (QED) is 0.0291. The van der Waals surface area contributed by atoms with Crippen molar-refractivity contribution >= 4 is 61.1 Å². The molecule has 2 saturated heterocycles. The van der Waals surface area contributed by atoms with Gasteiger partial charge in [0.25, 0.3) is 15.9 Å². The van der Waals surface area contributed by atoms with Gasteiger partial charge in [0, 0.05) is 98.0 Å². The average molecular weight is 915 g/mol. The van der Waals surface area contributed by atoms with Gasteiger partial charge in [-0.15, -0.1) is 0 Å². The van der Waals surface area contributed by atoms with Crippen LogP contribution in [0.15, 0.2) is 102 Å². The maximum atomic E-state index is 13.9. The molecule has 8 rings (SSSR count). The van der Waals surface area contributed by atoms with Crippen LogP contribution in [0.3, 0.4) is 0 Å². The summed E-state index contributed by atoms with van der Waals surface area (Å²) >= 11 is 6.13. The Bertz CT molecular complexity index is 2570. The number of H-pyrrole nitrogens is 1. The Balaban J connectivity index is 0.952. The van der Waals surface area contributed by atoms with Crippen molar-refractivity contribution in [2.24, 2.45) is 0 Å². The monoisotopic (exact) mass is 913 g/mol. The van der Waals surface area contributed by atoms with Gasteiger partial charge in [-0.1, -0.05) is 29.3 Å². The highest BCUT2D eigenvalue weighted by Crippen LogP contribution is 2.36. The third-order valence-electron chi connectivity index (χ3n) is 12.3. The summed E-state index contributed by atoms with van der Waals surface area (Å²) in [4.78, 5) is 17.3. The molecule has 5 aromatic rings. The van der Waals surface area contributed by atoms with Crippen LogP contribution in [0.4, 0.5) is 17.1 Å². The molecule has 3 heterocycles. The number of nitrogens with one attached hydrogen (secondary N) is 5. The summed E-state index contributed by atoms with van der Waals surface area (Å²) in [5.74, 6) is -0.412. The van der Waals surface area contributed by atoms with Crippen LogP contribution in [-0.4, -0.2) is 106 Å². The van der Waals surface area contributed by atoms with E-state index in [1.54, 1.807) is 24.4 Å². The lowest BCUT2D eigenvalue weighted by molar-refractivity contribution is -0.00406. The van der Waals surface area contributed by atoms with Gasteiger partial charge in [0.1, 0.15) is 18.5 Å². The van der Waals surface area contributed by atoms with Crippen molar-refractivity contribution in [1.29, 1.82) is 0 Å². The number of piperidine rings is 1. The fraction of sp³-hybridized carbons (Fsp3) is 0.383. The molecule has 0 spiro atoms. The first kappa shape index (κ1) is 45.6. The number of anilines is 2. The number of hydroxylamine groups is 2. The zero-order valence-corrected chi connectivity index (χ0v) is 37.4. The number of halogens is 1. The number of quaternary nitrogens is 1. The molecule has 1 aromatic heterocycles. The van der Waals surface area contributed by atoms with Crippen molar-refractivity contribution < 1.29 is 33.0 Å². The Morgan fingerprint density at radius 2 is 1.75 bits per heavy atom. The Morgan fingerprint density at radius 1 is 0.969 bits per heavy atom. The lowest BCUT2D eigenvalue weighted by Gasteiger charge is -2.40. The largest absolute Gasteiger partial charge is 0.593 e. The molecule has 2 unspecified atom stereocenters. The van der Waals surface area contributed by atoms with Crippen LogP contribution in [0.25, 0.3) is 16.5 Å². The molecular formula is C47H56ClN7O8S. The van der Waals surface area contributed by atoms with Crippen LogP contribution < -0.4 is 30.2 Å². The average Bonchev–Trinajstić information content (AvgIpc) is 3.75. The van der Waals surface area contributed by atoms with E-state index in [-0.39, 0.29) is 34.0 Å². The van der Waals surface area contributed by atoms with Gasteiger partial charge in [0.15, 0.2) is 5.69 Å². The maximum absolute atomic E-state index is 13.9. The van der Waals surface area contributed by atoms with Gasteiger partial charge in [-0.3, -0.25) is 4.79 Å². The standard InChI is InChI=1S/C47H56ClN7O8S/c1-55(58,59)45-29-40(9-13-44(45)52-35-15-22-54(23-16-35)37-17-24-62-25-18-37)64(60,61)53-47(57)42-10-6-36(28-46(42)63-39-8-12-43-32(27-39)14-19-51-43)50-21-20-49-30-33-26-38(56)7-11-41(33)31-2-4-34(48)5-3-31/h2-6,8-10,12-14,19,27-29,35,37-38,49-52,56,58H,7,11,15-18,20-26,30H2,1H3,(H,53,57). The molecule has 2 fully saturated rings. The van der Waals surface area contributed by atoms with E-state index in [1.807, 2.05) is 42.5 Å². The van der Waals surface area contributed by atoms with Crippen molar-refractivity contribution in [3.63, 3.8) is 0 Å². The van der Waals surface area contributed by atoms with Gasteiger partial charge < -0.3 is 45.6 Å². The Labute approximate surface area is 378 Å². The number of ether oxygens (including phenoxy) is 2. The zero-order valence-electron chi connectivity index (χ0n) is 35.8. The smallest absolute Gasteiger partial charge is 0.268 e. The molecule has 2 aliphatic heterocycles. The van der Waals surface area contributed by atoms with E-state index in [2.05, 4.69) is 30.6 Å². The van der Waals surface area contributed by atoms with Crippen LogP contribution >= 0.6 is 11.6 Å². The minimum Gasteiger partial charge on any atom is -0.593 e. The van der Waals surface area contributed by atoms with E-state index in [9.17, 15) is 28.7 Å². The summed E-state index contributed by atoms with van der Waals surface area (Å²) in [5, 5.41) is 45.9.